The zero-order valence-electron chi connectivity index (χ0n) is 4.77. The van der Waals surface area contributed by atoms with Crippen molar-refractivity contribution in [2.75, 3.05) is 0 Å². The Bertz CT molecular complexity index is 252. The molecule has 0 aromatic carbocycles. The van der Waals surface area contributed by atoms with E-state index in [4.69, 9.17) is 4.55 Å². The molecule has 6 nitrogen and oxygen atoms in total. The van der Waals surface area contributed by atoms with E-state index in [2.05, 4.69) is 16.5 Å². The summed E-state index contributed by atoms with van der Waals surface area (Å²) in [5.41, 5.74) is 4.50. The van der Waals surface area contributed by atoms with E-state index in [1.807, 2.05) is 0 Å². The van der Waals surface area contributed by atoms with Gasteiger partial charge in [0.2, 0.25) is 5.76 Å². The van der Waals surface area contributed by atoms with Gasteiger partial charge in [0.05, 0.1) is 0 Å². The minimum atomic E-state index is -4.67. The molecule has 0 aliphatic carbocycles. The van der Waals surface area contributed by atoms with Gasteiger partial charge in [0.1, 0.15) is 0 Å². The van der Waals surface area contributed by atoms with Crippen molar-refractivity contribution in [2.45, 2.75) is 0 Å². The molecule has 0 aromatic heterocycles. The van der Waals surface area contributed by atoms with Gasteiger partial charge >= 0.3 is 10.4 Å². The fourth-order valence-electron chi connectivity index (χ4n) is 0.168. The maximum absolute atomic E-state index is 10.00. The molecule has 0 fully saturated rings. The second-order valence-electron chi connectivity index (χ2n) is 1.30. The Hall–Kier alpha value is -1.08. The van der Waals surface area contributed by atoms with Crippen LogP contribution in [0.5, 0.6) is 0 Å². The van der Waals surface area contributed by atoms with Crippen LogP contribution in [0, 0.1) is 0 Å². The summed E-state index contributed by atoms with van der Waals surface area (Å²) >= 11 is 0. The summed E-state index contributed by atoms with van der Waals surface area (Å²) in [5.74, 6) is -1.99. The molecule has 0 aliphatic heterocycles. The van der Waals surface area contributed by atoms with Gasteiger partial charge < -0.3 is 9.92 Å². The average molecular weight is 167 g/mol. The third-order valence-electron chi connectivity index (χ3n) is 0.481. The van der Waals surface area contributed by atoms with E-state index in [-0.39, 0.29) is 0 Å². The first-order valence-electron chi connectivity index (χ1n) is 1.98. The SMILES string of the molecule is C=C(OS(=O)(=O)O)C(N)=O. The van der Waals surface area contributed by atoms with Crippen LogP contribution in [0.1, 0.15) is 0 Å². The van der Waals surface area contributed by atoms with Crippen LogP contribution in [0.25, 0.3) is 0 Å². The summed E-state index contributed by atoms with van der Waals surface area (Å²) in [6.07, 6.45) is 0. The number of primary amides is 1. The lowest BCUT2D eigenvalue weighted by molar-refractivity contribution is -0.116. The molecule has 0 aromatic rings. The molecular formula is C3H5NO5S. The summed E-state index contributed by atoms with van der Waals surface area (Å²) in [6, 6.07) is 0. The summed E-state index contributed by atoms with van der Waals surface area (Å²) in [4.78, 5) is 10.00. The van der Waals surface area contributed by atoms with E-state index < -0.39 is 22.1 Å². The minimum absolute atomic E-state index is 0.831. The fraction of sp³-hybridized carbons (Fsp3) is 0. The van der Waals surface area contributed by atoms with E-state index >= 15 is 0 Å². The highest BCUT2D eigenvalue weighted by molar-refractivity contribution is 7.81. The van der Waals surface area contributed by atoms with Gasteiger partial charge in [-0.1, -0.05) is 0 Å². The first-order valence-corrected chi connectivity index (χ1v) is 3.35. The van der Waals surface area contributed by atoms with Crippen molar-refractivity contribution in [3.63, 3.8) is 0 Å². The fourth-order valence-corrected chi connectivity index (χ4v) is 0.505. The molecule has 10 heavy (non-hydrogen) atoms. The lowest BCUT2D eigenvalue weighted by Crippen LogP contribution is -2.17. The highest BCUT2D eigenvalue weighted by Crippen LogP contribution is 1.96. The molecule has 0 rings (SSSR count). The molecule has 1 amide bonds. The smallest absolute Gasteiger partial charge is 0.363 e. The van der Waals surface area contributed by atoms with E-state index in [0.29, 0.717) is 0 Å². The van der Waals surface area contributed by atoms with Crippen LogP contribution in [0.15, 0.2) is 12.3 Å². The van der Waals surface area contributed by atoms with Crippen LogP contribution in [-0.4, -0.2) is 18.9 Å². The van der Waals surface area contributed by atoms with E-state index in [1.54, 1.807) is 0 Å². The predicted molar refractivity (Wildman–Crippen MR) is 31.0 cm³/mol. The van der Waals surface area contributed by atoms with Crippen LogP contribution in [0.3, 0.4) is 0 Å². The summed E-state index contributed by atoms with van der Waals surface area (Å²) in [5, 5.41) is 0. The predicted octanol–water partition coefficient (Wildman–Crippen LogP) is -1.20. The maximum atomic E-state index is 10.00. The third-order valence-corrected chi connectivity index (χ3v) is 0.893. The summed E-state index contributed by atoms with van der Waals surface area (Å²) in [7, 11) is -4.67. The lowest BCUT2D eigenvalue weighted by atomic mass is 10.6. The highest BCUT2D eigenvalue weighted by Gasteiger charge is 2.11. The quantitative estimate of drug-likeness (QED) is 0.312. The van der Waals surface area contributed by atoms with Crippen LogP contribution in [0.2, 0.25) is 0 Å². The van der Waals surface area contributed by atoms with Gasteiger partial charge in [0.15, 0.2) is 0 Å². The second-order valence-corrected chi connectivity index (χ2v) is 2.32. The molecule has 0 saturated heterocycles. The topological polar surface area (TPSA) is 107 Å². The summed E-state index contributed by atoms with van der Waals surface area (Å²) in [6.45, 7) is 2.80. The molecule has 0 heterocycles. The van der Waals surface area contributed by atoms with Gasteiger partial charge in [0, 0.05) is 0 Å². The van der Waals surface area contributed by atoms with Crippen LogP contribution in [0.4, 0.5) is 0 Å². The third kappa shape index (κ3) is 3.87. The number of hydrogen-bond donors (Lipinski definition) is 2. The first kappa shape index (κ1) is 8.92. The van der Waals surface area contributed by atoms with E-state index in [1.165, 1.54) is 0 Å². The van der Waals surface area contributed by atoms with Crippen LogP contribution >= 0.6 is 0 Å². The number of carbonyl (C=O) groups excluding carboxylic acids is 1. The zero-order valence-corrected chi connectivity index (χ0v) is 5.59. The highest BCUT2D eigenvalue weighted by atomic mass is 32.3. The monoisotopic (exact) mass is 167 g/mol. The van der Waals surface area contributed by atoms with Gasteiger partial charge in [-0.3, -0.25) is 9.35 Å². The normalized spacial score (nSPS) is 10.5. The Balaban J connectivity index is 4.21. The van der Waals surface area contributed by atoms with Crippen molar-refractivity contribution in [3.8, 4) is 0 Å². The standard InChI is InChI=1S/C3H5NO5S/c1-2(3(4)5)9-10(6,7)8/h1H2,(H2,4,5)(H,6,7,8). The number of rotatable bonds is 3. The van der Waals surface area contributed by atoms with Gasteiger partial charge in [-0.05, 0) is 6.58 Å². The number of hydrogen-bond acceptors (Lipinski definition) is 4. The largest absolute Gasteiger partial charge is 0.446 e. The van der Waals surface area contributed by atoms with E-state index in [9.17, 15) is 13.2 Å². The Morgan fingerprint density at radius 3 is 2.10 bits per heavy atom. The first-order chi connectivity index (χ1) is 4.33. The Kier molecular flexibility index (Phi) is 2.38. The molecule has 0 unspecified atom stereocenters. The molecule has 0 spiro atoms. The minimum Gasteiger partial charge on any atom is -0.363 e. The second kappa shape index (κ2) is 2.67. The Morgan fingerprint density at radius 2 is 2.00 bits per heavy atom. The van der Waals surface area contributed by atoms with Crippen molar-refractivity contribution in [1.29, 1.82) is 0 Å². The van der Waals surface area contributed by atoms with Gasteiger partial charge in [-0.2, -0.15) is 8.42 Å². The van der Waals surface area contributed by atoms with Crippen LogP contribution in [-0.2, 0) is 19.4 Å². The molecule has 7 heteroatoms. The van der Waals surface area contributed by atoms with Crippen molar-refractivity contribution in [3.05, 3.63) is 12.3 Å². The summed E-state index contributed by atoms with van der Waals surface area (Å²) < 4.78 is 31.1. The van der Waals surface area contributed by atoms with Crippen LogP contribution < -0.4 is 5.73 Å². The lowest BCUT2D eigenvalue weighted by Gasteiger charge is -1.98. The van der Waals surface area contributed by atoms with Gasteiger partial charge in [-0.15, -0.1) is 0 Å². The molecule has 0 bridgehead atoms. The van der Waals surface area contributed by atoms with Crippen molar-refractivity contribution < 1.29 is 21.9 Å². The molecule has 0 saturated carbocycles. The molecule has 0 atom stereocenters. The van der Waals surface area contributed by atoms with Crippen molar-refractivity contribution >= 4 is 16.3 Å². The Labute approximate surface area is 57.2 Å². The number of amides is 1. The van der Waals surface area contributed by atoms with Gasteiger partial charge in [0.25, 0.3) is 5.91 Å². The number of carbonyl (C=O) groups is 1. The maximum Gasteiger partial charge on any atom is 0.446 e. The van der Waals surface area contributed by atoms with Crippen molar-refractivity contribution in [1.82, 2.24) is 0 Å². The number of nitrogens with two attached hydrogens (primary N) is 1. The zero-order chi connectivity index (χ0) is 8.36. The Morgan fingerprint density at radius 1 is 1.60 bits per heavy atom. The molecule has 3 N–H and O–H groups in total. The molecule has 0 aliphatic rings. The molecule has 58 valence electrons. The van der Waals surface area contributed by atoms with E-state index in [0.717, 1.165) is 0 Å². The molecular weight excluding hydrogens is 162 g/mol. The van der Waals surface area contributed by atoms with Crippen molar-refractivity contribution in [2.24, 2.45) is 5.73 Å². The average Bonchev–Trinajstić information content (AvgIpc) is 1.60. The molecule has 0 radical (unpaired) electrons. The van der Waals surface area contributed by atoms with Gasteiger partial charge in [-0.25, -0.2) is 0 Å².